The van der Waals surface area contributed by atoms with Crippen molar-refractivity contribution in [3.63, 3.8) is 0 Å². The molecule has 1 saturated carbocycles. The zero-order valence-electron chi connectivity index (χ0n) is 26.8. The number of rotatable bonds is 8. The van der Waals surface area contributed by atoms with E-state index in [2.05, 4.69) is 39.0 Å². The van der Waals surface area contributed by atoms with E-state index >= 15 is 0 Å². The van der Waals surface area contributed by atoms with E-state index < -0.39 is 9.84 Å². The number of fused-ring (bicyclic) bond motifs is 1. The molecule has 0 amide bonds. The fourth-order valence-corrected chi connectivity index (χ4v) is 10.6. The van der Waals surface area contributed by atoms with Gasteiger partial charge in [0.15, 0.2) is 0 Å². The smallest absolute Gasteiger partial charge is 0.302 e. The fourth-order valence-electron chi connectivity index (χ4n) is 9.34. The molecule has 3 fully saturated rings. The molecular weight excluding hydrogens is 596 g/mol. The molecule has 2 aliphatic heterocycles. The van der Waals surface area contributed by atoms with Crippen molar-refractivity contribution in [1.29, 1.82) is 0 Å². The maximum Gasteiger partial charge on any atom is 0.302 e. The first-order valence-corrected chi connectivity index (χ1v) is 18.5. The maximum atomic E-state index is 13.0. The van der Waals surface area contributed by atoms with Crippen LogP contribution in [-0.4, -0.2) is 69.1 Å². The van der Waals surface area contributed by atoms with Gasteiger partial charge in [0.2, 0.25) is 9.84 Å². The van der Waals surface area contributed by atoms with Crippen molar-refractivity contribution in [2.45, 2.75) is 79.2 Å². The van der Waals surface area contributed by atoms with Gasteiger partial charge in [0, 0.05) is 67.9 Å². The van der Waals surface area contributed by atoms with E-state index in [-0.39, 0.29) is 28.4 Å². The SMILES string of the molecule is CC(=O)O[C@H]1CCC[C@@H]1C1(C2CCN(CC3CN(c4ccc(S(=O)(=O)c5ccncc5)cc4)C3)CC2)CC(N)Cc2ccccc21. The van der Waals surface area contributed by atoms with E-state index in [4.69, 9.17) is 10.5 Å². The summed E-state index contributed by atoms with van der Waals surface area (Å²) in [7, 11) is -3.55. The minimum Gasteiger partial charge on any atom is -0.462 e. The van der Waals surface area contributed by atoms with Crippen molar-refractivity contribution in [2.24, 2.45) is 23.5 Å². The predicted octanol–water partition coefficient (Wildman–Crippen LogP) is 5.01. The van der Waals surface area contributed by atoms with Gasteiger partial charge in [0.25, 0.3) is 0 Å². The van der Waals surface area contributed by atoms with E-state index in [1.54, 1.807) is 19.1 Å². The second-order valence-electron chi connectivity index (χ2n) is 14.1. The highest BCUT2D eigenvalue weighted by Gasteiger charge is 2.55. The van der Waals surface area contributed by atoms with Crippen LogP contribution in [0.15, 0.2) is 82.8 Å². The fraction of sp³-hybridized carbons (Fsp3) is 0.514. The molecule has 3 heterocycles. The van der Waals surface area contributed by atoms with Crippen LogP contribution in [0.25, 0.3) is 0 Å². The van der Waals surface area contributed by atoms with Crippen LogP contribution in [-0.2, 0) is 31.2 Å². The molecule has 0 radical (unpaired) electrons. The summed E-state index contributed by atoms with van der Waals surface area (Å²) in [6.45, 7) is 6.75. The van der Waals surface area contributed by atoms with Gasteiger partial charge in [0.1, 0.15) is 6.10 Å². The number of carbonyl (C=O) groups is 1. The van der Waals surface area contributed by atoms with Crippen LogP contribution in [0.1, 0.15) is 56.6 Å². The van der Waals surface area contributed by atoms with Gasteiger partial charge in [-0.1, -0.05) is 24.3 Å². The van der Waals surface area contributed by atoms with Crippen molar-refractivity contribution in [1.82, 2.24) is 9.88 Å². The molecule has 2 N–H and O–H groups in total. The van der Waals surface area contributed by atoms with Gasteiger partial charge in [-0.25, -0.2) is 8.42 Å². The minimum atomic E-state index is -3.55. The van der Waals surface area contributed by atoms with Gasteiger partial charge in [-0.15, -0.1) is 0 Å². The molecular formula is C37H46N4O4S. The third-order valence-corrected chi connectivity index (χ3v) is 13.1. The van der Waals surface area contributed by atoms with Crippen LogP contribution in [0, 0.1) is 17.8 Å². The Balaban J connectivity index is 0.994. The summed E-state index contributed by atoms with van der Waals surface area (Å²) in [5.74, 6) is 1.25. The van der Waals surface area contributed by atoms with Gasteiger partial charge in [0.05, 0.1) is 9.79 Å². The highest BCUT2D eigenvalue weighted by molar-refractivity contribution is 7.91. The summed E-state index contributed by atoms with van der Waals surface area (Å²) < 4.78 is 31.9. The van der Waals surface area contributed by atoms with Crippen molar-refractivity contribution < 1.29 is 17.9 Å². The molecule has 7 rings (SSSR count). The molecule has 1 aromatic heterocycles. The number of benzene rings is 2. The standard InChI is InChI=1S/C37H46N4O4S/c1-26(42)45-36-8-4-7-35(36)37(22-30(38)21-28-5-2-3-6-34(28)37)29-15-19-40(20-16-29)23-27-24-41(25-27)31-9-11-32(12-10-31)46(43,44)33-13-17-39-18-14-33/h2-3,5-6,9-14,17-18,27,29-30,35-36H,4,7-8,15-16,19-25,38H2,1H3/t30?,35-,36-,37?/m0/s1. The van der Waals surface area contributed by atoms with Gasteiger partial charge in [-0.05, 0) is 111 Å². The molecule has 2 aromatic carbocycles. The Bertz CT molecular complexity index is 1640. The molecule has 3 aromatic rings. The summed E-state index contributed by atoms with van der Waals surface area (Å²) in [4.78, 5) is 21.6. The molecule has 0 spiro atoms. The monoisotopic (exact) mass is 642 g/mol. The zero-order chi connectivity index (χ0) is 31.9. The number of carbonyl (C=O) groups excluding carboxylic acids is 1. The summed E-state index contributed by atoms with van der Waals surface area (Å²) in [5, 5.41) is 0. The summed E-state index contributed by atoms with van der Waals surface area (Å²) >= 11 is 0. The van der Waals surface area contributed by atoms with Gasteiger partial charge in [-0.3, -0.25) is 9.78 Å². The maximum absolute atomic E-state index is 13.0. The molecule has 2 aliphatic carbocycles. The van der Waals surface area contributed by atoms with Crippen LogP contribution < -0.4 is 10.6 Å². The highest BCUT2D eigenvalue weighted by atomic mass is 32.2. The number of hydrogen-bond donors (Lipinski definition) is 1. The first-order chi connectivity index (χ1) is 22.2. The number of nitrogens with zero attached hydrogens (tertiary/aromatic N) is 3. The Hall–Kier alpha value is -3.27. The molecule has 4 atom stereocenters. The summed E-state index contributed by atoms with van der Waals surface area (Å²) in [6, 6.07) is 19.4. The number of esters is 1. The normalized spacial score (nSPS) is 27.6. The third-order valence-electron chi connectivity index (χ3n) is 11.3. The Labute approximate surface area is 273 Å². The lowest BCUT2D eigenvalue weighted by atomic mass is 9.53. The molecule has 2 unspecified atom stereocenters. The Kier molecular flexibility index (Phi) is 8.67. The number of piperidine rings is 1. The van der Waals surface area contributed by atoms with Crippen LogP contribution in [0.4, 0.5) is 5.69 Å². The first-order valence-electron chi connectivity index (χ1n) is 17.0. The minimum absolute atomic E-state index is 0.0281. The van der Waals surface area contributed by atoms with Crippen LogP contribution in [0.2, 0.25) is 0 Å². The second kappa shape index (κ2) is 12.7. The average Bonchev–Trinajstić information content (AvgIpc) is 3.51. The van der Waals surface area contributed by atoms with Crippen molar-refractivity contribution in [2.75, 3.05) is 37.6 Å². The molecule has 244 valence electrons. The van der Waals surface area contributed by atoms with Gasteiger partial charge < -0.3 is 20.3 Å². The number of aromatic nitrogens is 1. The number of anilines is 1. The lowest BCUT2D eigenvalue weighted by Crippen LogP contribution is -2.56. The average molecular weight is 643 g/mol. The lowest BCUT2D eigenvalue weighted by Gasteiger charge is -2.54. The molecule has 0 bridgehead atoms. The van der Waals surface area contributed by atoms with E-state index in [0.717, 1.165) is 83.4 Å². The molecule has 9 heteroatoms. The molecule has 46 heavy (non-hydrogen) atoms. The predicted molar refractivity (Wildman–Crippen MR) is 178 cm³/mol. The van der Waals surface area contributed by atoms with Crippen LogP contribution >= 0.6 is 0 Å². The number of sulfone groups is 1. The van der Waals surface area contributed by atoms with Crippen molar-refractivity contribution >= 4 is 21.5 Å². The topological polar surface area (TPSA) is 106 Å². The number of likely N-dealkylation sites (tertiary alicyclic amines) is 1. The molecule has 2 saturated heterocycles. The quantitative estimate of drug-likeness (QED) is 0.342. The van der Waals surface area contributed by atoms with E-state index in [9.17, 15) is 13.2 Å². The molecule has 8 nitrogen and oxygen atoms in total. The number of nitrogens with two attached hydrogens (primary N) is 1. The first kappa shape index (κ1) is 31.3. The summed E-state index contributed by atoms with van der Waals surface area (Å²) in [6.07, 6.45) is 10.3. The number of ether oxygens (including phenoxy) is 1. The van der Waals surface area contributed by atoms with E-state index in [0.29, 0.717) is 22.6 Å². The van der Waals surface area contributed by atoms with Crippen molar-refractivity contribution in [3.8, 4) is 0 Å². The van der Waals surface area contributed by atoms with Gasteiger partial charge in [-0.2, -0.15) is 0 Å². The Morgan fingerprint density at radius 3 is 2.37 bits per heavy atom. The van der Waals surface area contributed by atoms with E-state index in [1.807, 2.05) is 12.1 Å². The number of pyridine rings is 1. The van der Waals surface area contributed by atoms with Crippen molar-refractivity contribution in [3.05, 3.63) is 84.2 Å². The van der Waals surface area contributed by atoms with Crippen LogP contribution in [0.5, 0.6) is 0 Å². The highest BCUT2D eigenvalue weighted by Crippen LogP contribution is 2.56. The number of hydrogen-bond acceptors (Lipinski definition) is 8. The third kappa shape index (κ3) is 5.86. The largest absolute Gasteiger partial charge is 0.462 e. The Morgan fingerprint density at radius 2 is 1.65 bits per heavy atom. The zero-order valence-corrected chi connectivity index (χ0v) is 27.6. The Morgan fingerprint density at radius 1 is 0.957 bits per heavy atom. The molecule has 4 aliphatic rings. The van der Waals surface area contributed by atoms with Crippen LogP contribution in [0.3, 0.4) is 0 Å². The van der Waals surface area contributed by atoms with E-state index in [1.165, 1.54) is 35.7 Å². The lowest BCUT2D eigenvalue weighted by molar-refractivity contribution is -0.150. The summed E-state index contributed by atoms with van der Waals surface area (Å²) in [5.41, 5.74) is 10.7. The van der Waals surface area contributed by atoms with Gasteiger partial charge >= 0.3 is 5.97 Å². The second-order valence-corrected chi connectivity index (χ2v) is 16.0.